The van der Waals surface area contributed by atoms with E-state index < -0.39 is 17.9 Å². The zero-order valence-corrected chi connectivity index (χ0v) is 30.5. The summed E-state index contributed by atoms with van der Waals surface area (Å²) in [7, 11) is 0. The Balaban J connectivity index is 0.000000399. The minimum atomic E-state index is -0.638. The molecule has 0 amide bonds. The summed E-state index contributed by atoms with van der Waals surface area (Å²) in [6, 6.07) is 2.41. The van der Waals surface area contributed by atoms with E-state index in [1.54, 1.807) is 12.3 Å². The number of aromatic hydroxyl groups is 2. The second-order valence-electron chi connectivity index (χ2n) is 9.55. The van der Waals surface area contributed by atoms with Crippen LogP contribution in [0.2, 0.25) is 10.0 Å². The first kappa shape index (κ1) is 37.6. The summed E-state index contributed by atoms with van der Waals surface area (Å²) in [4.78, 5) is 13.0. The molecule has 0 spiro atoms. The van der Waals surface area contributed by atoms with Gasteiger partial charge >= 0.3 is 17.1 Å². The van der Waals surface area contributed by atoms with Gasteiger partial charge in [-0.05, 0) is 78.6 Å². The van der Waals surface area contributed by atoms with Gasteiger partial charge in [-0.2, -0.15) is 6.20 Å². The van der Waals surface area contributed by atoms with Crippen molar-refractivity contribution in [3.8, 4) is 17.2 Å². The minimum Gasteiger partial charge on any atom is -0.869 e. The molecule has 3 N–H and O–H groups in total. The quantitative estimate of drug-likeness (QED) is 0.0852. The van der Waals surface area contributed by atoms with Crippen molar-refractivity contribution in [1.82, 2.24) is 4.90 Å². The van der Waals surface area contributed by atoms with E-state index in [1.165, 1.54) is 6.07 Å². The van der Waals surface area contributed by atoms with Crippen molar-refractivity contribution < 1.29 is 42.4 Å². The molecule has 1 heterocycles. The Labute approximate surface area is 297 Å². The molecular formula is C26H25Br4Cl2FeN3O6. The van der Waals surface area contributed by atoms with Crippen molar-refractivity contribution in [1.29, 1.82) is 0 Å². The molecule has 4 unspecified atom stereocenters. The fraction of sp³-hybridized carbons (Fsp3) is 0.385. The van der Waals surface area contributed by atoms with Gasteiger partial charge in [0.2, 0.25) is 6.04 Å². The van der Waals surface area contributed by atoms with Crippen LogP contribution in [0, 0.1) is 16.0 Å². The van der Waals surface area contributed by atoms with E-state index in [4.69, 9.17) is 23.2 Å². The molecule has 1 saturated carbocycles. The van der Waals surface area contributed by atoms with E-state index in [0.29, 0.717) is 67.4 Å². The first-order valence-electron chi connectivity index (χ1n) is 12.3. The van der Waals surface area contributed by atoms with Crippen LogP contribution < -0.4 is 5.11 Å². The van der Waals surface area contributed by atoms with Gasteiger partial charge in [0.1, 0.15) is 11.5 Å². The van der Waals surface area contributed by atoms with Crippen molar-refractivity contribution in [3.63, 3.8) is 0 Å². The number of phenolic OH excluding ortho intramolecular Hbond substituents is 2. The normalized spacial score (nSPS) is 21.2. The Bertz CT molecular complexity index is 1230. The average Bonchev–Trinajstić information content (AvgIpc) is 2.94. The Morgan fingerprint density at radius 3 is 2.29 bits per heavy atom. The van der Waals surface area contributed by atoms with Crippen LogP contribution in [0.4, 0.5) is 0 Å². The molecule has 230 valence electrons. The number of nitro groups is 1. The molecule has 1 aliphatic heterocycles. The molecule has 0 saturated heterocycles. The number of phenols is 2. The second-order valence-corrected chi connectivity index (χ2v) is 13.6. The van der Waals surface area contributed by atoms with Gasteiger partial charge in [-0.25, -0.2) is 0 Å². The number of allylic oxidation sites excluding steroid dienone is 2. The summed E-state index contributed by atoms with van der Waals surface area (Å²) >= 11 is 24.6. The third kappa shape index (κ3) is 9.98. The number of hydrogen-bond donors (Lipinski definition) is 3. The van der Waals surface area contributed by atoms with Crippen LogP contribution in [-0.4, -0.2) is 56.4 Å². The van der Waals surface area contributed by atoms with Crippen molar-refractivity contribution in [2.24, 2.45) is 5.92 Å². The molecule has 42 heavy (non-hydrogen) atoms. The van der Waals surface area contributed by atoms with E-state index in [1.807, 2.05) is 23.1 Å². The van der Waals surface area contributed by atoms with Crippen molar-refractivity contribution >= 4 is 86.9 Å². The van der Waals surface area contributed by atoms with Crippen molar-refractivity contribution in [2.45, 2.75) is 44.0 Å². The fourth-order valence-electron chi connectivity index (χ4n) is 4.55. The number of aliphatic hydroxyl groups is 1. The van der Waals surface area contributed by atoms with Crippen LogP contribution in [0.15, 0.2) is 54.5 Å². The van der Waals surface area contributed by atoms with Crippen LogP contribution in [-0.2, 0) is 23.6 Å². The van der Waals surface area contributed by atoms with Gasteiger partial charge in [0.15, 0.2) is 0 Å². The van der Waals surface area contributed by atoms with Crippen molar-refractivity contribution in [2.75, 3.05) is 13.1 Å². The zero-order valence-electron chi connectivity index (χ0n) is 21.5. The summed E-state index contributed by atoms with van der Waals surface area (Å²) in [6.45, 7) is 1.32. The van der Waals surface area contributed by atoms with Gasteiger partial charge in [-0.1, -0.05) is 63.4 Å². The van der Waals surface area contributed by atoms with Crippen LogP contribution >= 0.6 is 86.9 Å². The summed E-state index contributed by atoms with van der Waals surface area (Å²) in [5.41, 5.74) is 0.564. The molecule has 2 aliphatic rings. The summed E-state index contributed by atoms with van der Waals surface area (Å²) in [5.74, 6) is -1.03. The van der Waals surface area contributed by atoms with Crippen LogP contribution in [0.1, 0.15) is 24.8 Å². The largest absolute Gasteiger partial charge is 2.00 e. The molecule has 16 heteroatoms. The third-order valence-corrected chi connectivity index (χ3v) is 11.9. The second kappa shape index (κ2) is 17.2. The van der Waals surface area contributed by atoms with Crippen molar-refractivity contribution in [3.05, 3.63) is 85.5 Å². The molecule has 0 bridgehead atoms. The van der Waals surface area contributed by atoms with E-state index in [0.717, 1.165) is 0 Å². The fourth-order valence-corrected chi connectivity index (χ4v) is 7.15. The molecule has 4 rings (SSSR count). The Morgan fingerprint density at radius 2 is 1.67 bits per heavy atom. The first-order valence-corrected chi connectivity index (χ1v) is 16.2. The number of rotatable bonds is 7. The maximum absolute atomic E-state index is 11.2. The molecule has 1 aliphatic carbocycles. The molecule has 1 fully saturated rings. The predicted octanol–water partition coefficient (Wildman–Crippen LogP) is 7.65. The van der Waals surface area contributed by atoms with Gasteiger partial charge in [0.25, 0.3) is 0 Å². The van der Waals surface area contributed by atoms with E-state index in [9.17, 15) is 30.5 Å². The predicted molar refractivity (Wildman–Crippen MR) is 171 cm³/mol. The maximum Gasteiger partial charge on any atom is 2.00 e. The number of hydrogen-bond acceptors (Lipinski definition) is 7. The van der Waals surface area contributed by atoms with Crippen LogP contribution in [0.3, 0.4) is 0 Å². The van der Waals surface area contributed by atoms with Gasteiger partial charge in [0, 0.05) is 56.3 Å². The topological polar surface area (TPSA) is 144 Å². The zero-order chi connectivity index (χ0) is 30.4. The van der Waals surface area contributed by atoms with Gasteiger partial charge in [-0.15, -0.1) is 0 Å². The summed E-state index contributed by atoms with van der Waals surface area (Å²) in [5, 5.41) is 57.5. The van der Waals surface area contributed by atoms with Crippen LogP contribution in [0.5, 0.6) is 17.2 Å². The van der Waals surface area contributed by atoms with E-state index >= 15 is 0 Å². The van der Waals surface area contributed by atoms with E-state index in [-0.39, 0.29) is 50.5 Å². The Hall–Kier alpha value is -0.541. The molecule has 0 aromatic heterocycles. The summed E-state index contributed by atoms with van der Waals surface area (Å²) in [6.07, 6.45) is 7.99. The van der Waals surface area contributed by atoms with E-state index in [2.05, 4.69) is 69.0 Å². The molecule has 2 aromatic carbocycles. The third-order valence-electron chi connectivity index (χ3n) is 6.66. The smallest absolute Gasteiger partial charge is 0.869 e. The van der Waals surface area contributed by atoms with Gasteiger partial charge < -0.3 is 25.7 Å². The van der Waals surface area contributed by atoms with Gasteiger partial charge in [0.05, 0.1) is 20.1 Å². The molecule has 0 radical (unpaired) electrons. The number of nitrogens with zero attached hydrogens (tertiary/aromatic N) is 3. The SMILES string of the molecule is O=[N+]([O-])C1CCC(O)C(CN(Cc2cc(Cl)cc(Cl)c2O)CC2C=CC=C[N-]2)C1.[Fe+2].[O-]c1c(O)c(Br)c(Br)c(Br)c1Br. The molecule has 2 aromatic rings. The standard InChI is InChI=1S/C20H24Cl2N3O4.C6H2Br4O2.Fe/c21-15-7-14(20(27)18(22)9-15)11-24(12-16-3-1-2-6-23-16)10-13-8-17(25(28)29)4-5-19(13)26;7-1-2(8)4(10)6(12)5(11)3(1)9;/h1-3,6-7,9,13,16-17,19,26-27H,4-5,8,10-12H2;11-12H;/q-1;;+2/p-1. The molecular weight excluding hydrogens is 897 g/mol. The molecule has 9 nitrogen and oxygen atoms in total. The molecule has 4 atom stereocenters. The maximum atomic E-state index is 11.2. The Kier molecular flexibility index (Phi) is 15.4. The number of benzene rings is 2. The monoisotopic (exact) mass is 917 g/mol. The number of halogens is 6. The van der Waals surface area contributed by atoms with Gasteiger partial charge in [-0.3, -0.25) is 15.0 Å². The Morgan fingerprint density at radius 1 is 1.00 bits per heavy atom. The number of aliphatic hydroxyl groups excluding tert-OH is 1. The van der Waals surface area contributed by atoms with Crippen LogP contribution in [0.25, 0.3) is 5.32 Å². The first-order chi connectivity index (χ1) is 19.3. The average molecular weight is 922 g/mol. The minimum absolute atomic E-state index is 0. The summed E-state index contributed by atoms with van der Waals surface area (Å²) < 4.78 is 1.83.